The number of nitrogens with zero attached hydrogens (tertiary/aromatic N) is 24. The number of ether oxygens (including phenoxy) is 1. The summed E-state index contributed by atoms with van der Waals surface area (Å²) >= 11 is 0. The molecule has 0 spiro atoms. The Morgan fingerprint density at radius 2 is 0.697 bits per heavy atom. The van der Waals surface area contributed by atoms with Crippen LogP contribution >= 0.6 is 0 Å². The zero-order chi connectivity index (χ0) is 99.9. The highest BCUT2D eigenvalue weighted by Crippen LogP contribution is 2.44. The SMILES string of the molecule is Cc1nc(Nc2nc(-c3ccccc3C(F)(F)F)nc3c2CNC(=O)C3)n[nH]1.Cc1nc(Nc2nc(-c3ccccc3C(F)(F)F)nc3ccc(N4CCOCC4)cc23)n[nH]1.Cc1nc(Nc2nc(-c3ccccc3C(F)(F)F)nc3cccnc23)n[nH]1.Cc1nc(Nc2nc(-c3ccccc3C(F)(F)F)nc3ccncc23)n[nH]1.Cc1nc(Nc2nc(-c3ccccc3C(F)(F)F)nc3ncccc23)n[nH]1. The second kappa shape index (κ2) is 40.0. The summed E-state index contributed by atoms with van der Waals surface area (Å²) in [5, 5.41) is 52.4. The average Bonchev–Trinajstić information content (AvgIpc) is 0.865. The van der Waals surface area contributed by atoms with Crippen molar-refractivity contribution in [3.63, 3.8) is 0 Å². The summed E-state index contributed by atoms with van der Waals surface area (Å²) in [6.07, 6.45) is -16.7. The van der Waals surface area contributed by atoms with Gasteiger partial charge in [-0.25, -0.2) is 54.8 Å². The molecule has 1 saturated heterocycles. The Balaban J connectivity index is 0.000000122. The number of amides is 1. The third-order valence-corrected chi connectivity index (χ3v) is 20.9. The molecule has 722 valence electrons. The molecular weight excluding hydrogens is 1890 g/mol. The molecule has 15 heterocycles. The van der Waals surface area contributed by atoms with Crippen LogP contribution in [0.1, 0.15) is 68.2 Å². The zero-order valence-corrected chi connectivity index (χ0v) is 73.9. The standard InChI is InChI=1S/C22H20F3N7O.C17H14F3N7O.3C17H12F3N7/c1-13-26-21(31-30-13)29-20-16-12-14(32-8-10-33-11-9-32)6-7-18(16)27-19(28-20)15-4-2-3-5-17(15)22(23,24)25;1-8-22-16(27-26-8)25-15-10-7-21-13(28)6-12(10)23-14(24-15)9-4-2-3-5-11(9)17(18,19)20;1-9-22-16(27-26-9)25-15-11-6-4-8-21-13(11)23-14(24-15)10-5-2-3-7-12(10)17(18,19)20;1-9-22-16(27-26-9)25-15-13-12(7-4-8-21-13)23-14(24-15)10-5-2-3-6-11(10)17(18,19)20;1-9-22-16(27-26-9)25-15-11-8-21-7-6-13(11)23-14(24-15)10-4-2-3-5-12(10)17(18,19)20/h2-7,12H,8-11H2,1H3,(H2,26,27,28,29,30,31);2-5H,6-7H2,1H3,(H,21,28)(H2,22,23,24,25,26,27);2-8H,1H3,(H2,21,22,23,24,25,26,27);2*2-8H,1H3,(H2,22,23,24,25,26,27). The average molecular weight is 1960 g/mol. The van der Waals surface area contributed by atoms with E-state index in [4.69, 9.17) is 4.74 Å². The third-order valence-electron chi connectivity index (χ3n) is 20.9. The number of halogens is 15. The van der Waals surface area contributed by atoms with Gasteiger partial charge in [0, 0.05) is 88.9 Å². The van der Waals surface area contributed by atoms with Gasteiger partial charge in [0.15, 0.2) is 40.6 Å². The molecule has 1 fully saturated rings. The van der Waals surface area contributed by atoms with Gasteiger partial charge >= 0.3 is 30.9 Å². The van der Waals surface area contributed by atoms with Crippen LogP contribution in [0, 0.1) is 34.6 Å². The van der Waals surface area contributed by atoms with E-state index < -0.39 is 58.7 Å². The van der Waals surface area contributed by atoms with Crippen molar-refractivity contribution in [2.24, 2.45) is 0 Å². The van der Waals surface area contributed by atoms with E-state index in [0.29, 0.717) is 97.6 Å². The second-order valence-corrected chi connectivity index (χ2v) is 30.9. The van der Waals surface area contributed by atoms with Gasteiger partial charge in [0.2, 0.25) is 35.6 Å². The van der Waals surface area contributed by atoms with Crippen molar-refractivity contribution in [3.05, 3.63) is 263 Å². The summed E-state index contributed by atoms with van der Waals surface area (Å²) in [7, 11) is 0. The largest absolute Gasteiger partial charge is 0.417 e. The Hall–Kier alpha value is -17.9. The number of aromatic amines is 5. The fourth-order valence-corrected chi connectivity index (χ4v) is 14.5. The molecule has 0 unspecified atom stereocenters. The number of hydrogen-bond donors (Lipinski definition) is 11. The van der Waals surface area contributed by atoms with Crippen molar-refractivity contribution in [1.82, 2.24) is 146 Å². The van der Waals surface area contributed by atoms with E-state index in [0.717, 1.165) is 49.1 Å². The van der Waals surface area contributed by atoms with Gasteiger partial charge in [0.1, 0.15) is 57.9 Å². The number of fused-ring (bicyclic) bond motifs is 5. The van der Waals surface area contributed by atoms with Gasteiger partial charge in [-0.3, -0.25) is 40.3 Å². The van der Waals surface area contributed by atoms with Crippen LogP contribution in [0.3, 0.4) is 0 Å². The number of morpholine rings is 1. The number of nitrogens with one attached hydrogen (secondary N) is 11. The normalized spacial score (nSPS) is 12.8. The van der Waals surface area contributed by atoms with Crippen LogP contribution in [0.25, 0.3) is 101 Å². The van der Waals surface area contributed by atoms with E-state index in [1.807, 2.05) is 12.1 Å². The topological polar surface area (TPSA) is 477 Å². The molecule has 0 atom stereocenters. The Morgan fingerprint density at radius 3 is 1.13 bits per heavy atom. The number of pyridine rings is 3. The Labute approximate surface area is 788 Å². The Morgan fingerprint density at radius 1 is 0.338 bits per heavy atom. The van der Waals surface area contributed by atoms with E-state index >= 15 is 0 Å². The lowest BCUT2D eigenvalue weighted by Crippen LogP contribution is -2.36. The Kier molecular flexibility index (Phi) is 27.0. The molecule has 0 aliphatic carbocycles. The number of anilines is 11. The van der Waals surface area contributed by atoms with Gasteiger partial charge in [0.05, 0.1) is 80.5 Å². The first-order chi connectivity index (χ1) is 67.9. The molecule has 19 aromatic rings. The monoisotopic (exact) mass is 1960 g/mol. The molecule has 0 saturated carbocycles. The smallest absolute Gasteiger partial charge is 0.378 e. The molecule has 0 bridgehead atoms. The molecule has 2 aliphatic heterocycles. The lowest BCUT2D eigenvalue weighted by atomic mass is 10.0. The summed E-state index contributed by atoms with van der Waals surface area (Å²) in [4.78, 5) is 90.2. The lowest BCUT2D eigenvalue weighted by Gasteiger charge is -2.29. The molecule has 0 radical (unpaired) electrons. The minimum absolute atomic E-state index is 0.0377. The van der Waals surface area contributed by atoms with Crippen molar-refractivity contribution in [1.29, 1.82) is 0 Å². The van der Waals surface area contributed by atoms with Crippen molar-refractivity contribution in [2.75, 3.05) is 57.8 Å². The van der Waals surface area contributed by atoms with Crippen molar-refractivity contribution >= 4 is 114 Å². The quantitative estimate of drug-likeness (QED) is 0.0400. The van der Waals surface area contributed by atoms with Crippen LogP contribution in [-0.2, 0) is 53.4 Å². The molecule has 2 aliphatic rings. The molecular formula is C90H70F15N35O2. The first-order valence-electron chi connectivity index (χ1n) is 42.3. The third kappa shape index (κ3) is 22.3. The minimum atomic E-state index is -4.57. The summed E-state index contributed by atoms with van der Waals surface area (Å²) in [5.74, 6) is 4.73. The van der Waals surface area contributed by atoms with E-state index in [1.165, 1.54) is 110 Å². The van der Waals surface area contributed by atoms with E-state index in [-0.39, 0.29) is 134 Å². The molecule has 13 aromatic heterocycles. The lowest BCUT2D eigenvalue weighted by molar-refractivity contribution is -0.137. The maximum atomic E-state index is 13.6. The minimum Gasteiger partial charge on any atom is -0.378 e. The van der Waals surface area contributed by atoms with Gasteiger partial charge < -0.3 is 41.5 Å². The number of carbonyl (C=O) groups excluding carboxylic acids is 1. The summed E-state index contributed by atoms with van der Waals surface area (Å²) in [6.45, 7) is 11.5. The molecule has 21 rings (SSSR count). The van der Waals surface area contributed by atoms with Gasteiger partial charge in [0.25, 0.3) is 0 Å². The van der Waals surface area contributed by atoms with Crippen LogP contribution in [0.2, 0.25) is 0 Å². The van der Waals surface area contributed by atoms with Crippen LogP contribution in [0.4, 0.5) is 130 Å². The molecule has 1 amide bonds. The summed E-state index contributed by atoms with van der Waals surface area (Å²) in [5.41, 5.74) is -0.828. The molecule has 37 nitrogen and oxygen atoms in total. The number of alkyl halides is 15. The fourth-order valence-electron chi connectivity index (χ4n) is 14.5. The number of hydrogen-bond acceptors (Lipinski definition) is 31. The highest BCUT2D eigenvalue weighted by Gasteiger charge is 2.40. The summed E-state index contributed by atoms with van der Waals surface area (Å²) < 4.78 is 207. The first kappa shape index (κ1) is 95.8. The zero-order valence-electron chi connectivity index (χ0n) is 73.9. The number of aryl methyl sites for hydroxylation is 5. The van der Waals surface area contributed by atoms with Crippen molar-refractivity contribution in [2.45, 2.75) is 78.5 Å². The highest BCUT2D eigenvalue weighted by molar-refractivity contribution is 5.96. The van der Waals surface area contributed by atoms with Crippen LogP contribution < -0.4 is 36.8 Å². The van der Waals surface area contributed by atoms with Crippen LogP contribution in [-0.4, -0.2) is 173 Å². The maximum Gasteiger partial charge on any atom is 0.417 e. The molecule has 142 heavy (non-hydrogen) atoms. The van der Waals surface area contributed by atoms with Gasteiger partial charge in [-0.1, -0.05) is 91.0 Å². The number of carbonyl (C=O) groups is 1. The van der Waals surface area contributed by atoms with Gasteiger partial charge in [-0.15, -0.1) is 25.5 Å². The van der Waals surface area contributed by atoms with Gasteiger partial charge in [-0.05, 0) is 113 Å². The van der Waals surface area contributed by atoms with E-state index in [9.17, 15) is 70.7 Å². The molecule has 52 heteroatoms. The fraction of sp³-hybridized carbons (Fsp3) is 0.178. The molecule has 6 aromatic carbocycles. The van der Waals surface area contributed by atoms with Crippen molar-refractivity contribution in [3.8, 4) is 56.9 Å². The predicted molar refractivity (Wildman–Crippen MR) is 486 cm³/mol. The second-order valence-electron chi connectivity index (χ2n) is 30.9. The number of rotatable bonds is 16. The Bertz CT molecular complexity index is 7400. The highest BCUT2D eigenvalue weighted by atomic mass is 19.4. The van der Waals surface area contributed by atoms with Crippen molar-refractivity contribution < 1.29 is 75.4 Å². The number of H-pyrrole nitrogens is 5. The van der Waals surface area contributed by atoms with E-state index in [1.54, 1.807) is 77.2 Å². The maximum absolute atomic E-state index is 13.6. The van der Waals surface area contributed by atoms with E-state index in [2.05, 4.69) is 177 Å². The van der Waals surface area contributed by atoms with Crippen LogP contribution in [0.15, 0.2) is 195 Å². The predicted octanol–water partition coefficient (Wildman–Crippen LogP) is 18.5. The first-order valence-corrected chi connectivity index (χ1v) is 42.3. The molecule has 11 N–H and O–H groups in total. The number of aromatic nitrogens is 28. The van der Waals surface area contributed by atoms with Gasteiger partial charge in [-0.2, -0.15) is 90.8 Å². The number of benzene rings is 6. The van der Waals surface area contributed by atoms with Crippen LogP contribution in [0.5, 0.6) is 0 Å². The summed E-state index contributed by atoms with van der Waals surface area (Å²) in [6, 6.07) is 39.7.